The lowest BCUT2D eigenvalue weighted by Crippen LogP contribution is -2.41. The summed E-state index contributed by atoms with van der Waals surface area (Å²) in [5.74, 6) is 1.69. The molecule has 0 heterocycles. The number of halogens is 1. The molecule has 2 rings (SSSR count). The van der Waals surface area contributed by atoms with Gasteiger partial charge in [0.2, 0.25) is 5.91 Å². The normalized spacial score (nSPS) is 18.2. The van der Waals surface area contributed by atoms with E-state index in [0.29, 0.717) is 25.7 Å². The van der Waals surface area contributed by atoms with Crippen LogP contribution in [0.4, 0.5) is 4.39 Å². The third-order valence-corrected chi connectivity index (χ3v) is 6.61. The Morgan fingerprint density at radius 1 is 1.20 bits per heavy atom. The number of carbonyl (C=O) groups is 2. The lowest BCUT2D eigenvalue weighted by atomic mass is 9.97. The van der Waals surface area contributed by atoms with E-state index in [2.05, 4.69) is 38.5 Å². The van der Waals surface area contributed by atoms with E-state index in [1.807, 2.05) is 49.4 Å². The van der Waals surface area contributed by atoms with Crippen molar-refractivity contribution in [2.45, 2.75) is 84.0 Å². The zero-order chi connectivity index (χ0) is 31.0. The molecule has 41 heavy (non-hydrogen) atoms. The monoisotopic (exact) mass is 598 g/mol. The quantitative estimate of drug-likeness (QED) is 0.0632. The second kappa shape index (κ2) is 23.7. The first-order valence-corrected chi connectivity index (χ1v) is 14.7. The van der Waals surface area contributed by atoms with Gasteiger partial charge >= 0.3 is 5.97 Å². The SMILES string of the molecule is C/C=C\CCCC(=O)NC(C)C(=O)OC(C)CO[N+](=O)[O-].CC1CCCC1/C=C/C(P)COc1ccccc1.CF. The number of nitrogens with zero attached hydrogens (tertiary/aromatic N) is 1. The lowest BCUT2D eigenvalue weighted by molar-refractivity contribution is -0.759. The van der Waals surface area contributed by atoms with Crippen LogP contribution in [-0.2, 0) is 19.2 Å². The van der Waals surface area contributed by atoms with E-state index < -0.39 is 23.2 Å². The number of para-hydroxylation sites is 1. The Kier molecular flexibility index (Phi) is 21.9. The van der Waals surface area contributed by atoms with Gasteiger partial charge in [-0.15, -0.1) is 19.4 Å². The molecule has 1 aromatic rings. The molecule has 9 nitrogen and oxygen atoms in total. The molecular formula is C30H48FN2O7P. The molecule has 232 valence electrons. The summed E-state index contributed by atoms with van der Waals surface area (Å²) in [4.78, 5) is 37.3. The van der Waals surface area contributed by atoms with Crippen LogP contribution in [0, 0.1) is 22.0 Å². The highest BCUT2D eigenvalue weighted by atomic mass is 31.0. The van der Waals surface area contributed by atoms with Gasteiger partial charge in [-0.25, -0.2) is 4.79 Å². The molecule has 1 aliphatic rings. The van der Waals surface area contributed by atoms with Crippen molar-refractivity contribution < 1.29 is 33.4 Å². The minimum Gasteiger partial charge on any atom is -0.493 e. The summed E-state index contributed by atoms with van der Waals surface area (Å²) < 4.78 is 20.1. The summed E-state index contributed by atoms with van der Waals surface area (Å²) in [6.45, 7) is 7.61. The van der Waals surface area contributed by atoms with Gasteiger partial charge < -0.3 is 19.6 Å². The van der Waals surface area contributed by atoms with Crippen LogP contribution in [0.1, 0.15) is 66.2 Å². The molecule has 1 aromatic carbocycles. The number of benzene rings is 1. The van der Waals surface area contributed by atoms with Gasteiger partial charge in [-0.05, 0) is 64.0 Å². The molecule has 0 aliphatic heterocycles. The first kappa shape index (κ1) is 38.0. The molecular weight excluding hydrogens is 550 g/mol. The maximum atomic E-state index is 11.6. The Bertz CT molecular complexity index is 917. The highest BCUT2D eigenvalue weighted by Gasteiger charge is 2.21. The molecule has 1 saturated carbocycles. The Balaban J connectivity index is 0.000000741. The van der Waals surface area contributed by atoms with E-state index in [1.54, 1.807) is 0 Å². The van der Waals surface area contributed by atoms with Gasteiger partial charge in [-0.3, -0.25) is 9.18 Å². The smallest absolute Gasteiger partial charge is 0.328 e. The molecule has 0 bridgehead atoms. The Morgan fingerprint density at radius 3 is 2.46 bits per heavy atom. The fourth-order valence-corrected chi connectivity index (χ4v) is 4.15. The standard InChI is InChI=1S/C16H23OP.C13H22N2O6.CH3F/c1-13-6-5-7-14(13)10-11-16(18)12-17-15-8-3-2-4-9-15;1-4-5-6-7-8-12(16)14-11(3)13(17)21-10(2)9-20-15(18)19;1-2/h2-4,8-11,13-14,16H,5-7,12,18H2,1H3;4-5,10-11H,6-9H2,1-3H3,(H,14,16);1H3/b11-10+;5-4-;. The van der Waals surface area contributed by atoms with Crippen molar-refractivity contribution in [3.05, 3.63) is 64.8 Å². The Morgan fingerprint density at radius 2 is 1.88 bits per heavy atom. The number of unbranched alkanes of at least 4 members (excludes halogenated alkanes) is 1. The maximum Gasteiger partial charge on any atom is 0.328 e. The number of allylic oxidation sites excluding steroid dienone is 3. The second-order valence-corrected chi connectivity index (χ2v) is 10.6. The predicted molar refractivity (Wildman–Crippen MR) is 163 cm³/mol. The van der Waals surface area contributed by atoms with E-state index in [-0.39, 0.29) is 12.5 Å². The average molecular weight is 599 g/mol. The van der Waals surface area contributed by atoms with Gasteiger partial charge in [0.15, 0.2) is 0 Å². The Labute approximate surface area is 246 Å². The van der Waals surface area contributed by atoms with E-state index >= 15 is 0 Å². The molecule has 6 unspecified atom stereocenters. The van der Waals surface area contributed by atoms with E-state index in [9.17, 15) is 24.1 Å². The number of nitrogens with one attached hydrogen (secondary N) is 1. The number of esters is 1. The van der Waals surface area contributed by atoms with Crippen molar-refractivity contribution in [1.29, 1.82) is 0 Å². The van der Waals surface area contributed by atoms with Crippen LogP contribution >= 0.6 is 9.24 Å². The number of alkyl halides is 1. The van der Waals surface area contributed by atoms with Crippen LogP contribution in [-0.4, -0.2) is 55.2 Å². The van der Waals surface area contributed by atoms with E-state index in [0.717, 1.165) is 30.6 Å². The van der Waals surface area contributed by atoms with E-state index in [4.69, 9.17) is 9.47 Å². The second-order valence-electron chi connectivity index (χ2n) is 9.76. The topological polar surface area (TPSA) is 117 Å². The van der Waals surface area contributed by atoms with Crippen LogP contribution < -0.4 is 10.1 Å². The van der Waals surface area contributed by atoms with E-state index in [1.165, 1.54) is 33.1 Å². The van der Waals surface area contributed by atoms with Crippen LogP contribution in [0.3, 0.4) is 0 Å². The van der Waals surface area contributed by atoms with Crippen molar-refractivity contribution in [3.8, 4) is 5.75 Å². The van der Waals surface area contributed by atoms with Crippen molar-refractivity contribution in [1.82, 2.24) is 5.32 Å². The van der Waals surface area contributed by atoms with Gasteiger partial charge in [-0.2, -0.15) is 0 Å². The zero-order valence-electron chi connectivity index (χ0n) is 25.0. The number of hydrogen-bond donors (Lipinski definition) is 1. The van der Waals surface area contributed by atoms with Crippen molar-refractivity contribution in [2.24, 2.45) is 11.8 Å². The largest absolute Gasteiger partial charge is 0.493 e. The molecule has 0 aromatic heterocycles. The van der Waals surface area contributed by atoms with Crippen LogP contribution in [0.15, 0.2) is 54.6 Å². The van der Waals surface area contributed by atoms with Crippen LogP contribution in [0.25, 0.3) is 0 Å². The van der Waals surface area contributed by atoms with Crippen LogP contribution in [0.5, 0.6) is 5.75 Å². The minimum atomic E-state index is -0.958. The predicted octanol–water partition coefficient (Wildman–Crippen LogP) is 6.26. The molecule has 11 heteroatoms. The summed E-state index contributed by atoms with van der Waals surface area (Å²) in [6.07, 6.45) is 13.7. The fourth-order valence-electron chi connectivity index (χ4n) is 3.93. The fraction of sp³-hybridized carbons (Fsp3) is 0.600. The van der Waals surface area contributed by atoms with Gasteiger partial charge in [0.25, 0.3) is 5.09 Å². The summed E-state index contributed by atoms with van der Waals surface area (Å²) in [6, 6.07) is 9.20. The number of amides is 1. The molecule has 1 N–H and O–H groups in total. The number of ether oxygens (including phenoxy) is 2. The van der Waals surface area contributed by atoms with Gasteiger partial charge in [0.1, 0.15) is 24.5 Å². The minimum absolute atomic E-state index is 0.238. The molecule has 0 radical (unpaired) electrons. The number of hydrogen-bond acceptors (Lipinski definition) is 7. The van der Waals surface area contributed by atoms with Crippen LogP contribution in [0.2, 0.25) is 0 Å². The lowest BCUT2D eigenvalue weighted by Gasteiger charge is -2.17. The maximum absolute atomic E-state index is 11.6. The number of carbonyl (C=O) groups excluding carboxylic acids is 2. The average Bonchev–Trinajstić information content (AvgIpc) is 3.38. The van der Waals surface area contributed by atoms with Gasteiger partial charge in [0, 0.05) is 12.1 Å². The first-order valence-electron chi connectivity index (χ1n) is 14.0. The molecule has 1 aliphatic carbocycles. The summed E-state index contributed by atoms with van der Waals surface area (Å²) in [7, 11) is 3.36. The van der Waals surface area contributed by atoms with Gasteiger partial charge in [0.05, 0.1) is 13.8 Å². The molecule has 0 spiro atoms. The van der Waals surface area contributed by atoms with Crippen molar-refractivity contribution >= 4 is 21.1 Å². The third kappa shape index (κ3) is 19.7. The van der Waals surface area contributed by atoms with Gasteiger partial charge in [-0.1, -0.05) is 62.3 Å². The van der Waals surface area contributed by atoms with Crippen molar-refractivity contribution in [2.75, 3.05) is 20.4 Å². The Hall–Kier alpha value is -3.00. The first-order chi connectivity index (χ1) is 19.6. The molecule has 1 amide bonds. The summed E-state index contributed by atoms with van der Waals surface area (Å²) in [5, 5.41) is 11.6. The highest BCUT2D eigenvalue weighted by Crippen LogP contribution is 2.32. The summed E-state index contributed by atoms with van der Waals surface area (Å²) in [5.41, 5.74) is 0.401. The number of rotatable bonds is 15. The zero-order valence-corrected chi connectivity index (χ0v) is 26.2. The summed E-state index contributed by atoms with van der Waals surface area (Å²) >= 11 is 0. The molecule has 6 atom stereocenters. The third-order valence-electron chi connectivity index (χ3n) is 6.19. The highest BCUT2D eigenvalue weighted by molar-refractivity contribution is 7.18. The molecule has 1 fully saturated rings. The molecule has 0 saturated heterocycles. The van der Waals surface area contributed by atoms with Crippen molar-refractivity contribution in [3.63, 3.8) is 0 Å².